The monoisotopic (exact) mass is 583 g/mol. The molecule has 0 saturated carbocycles. The first-order chi connectivity index (χ1) is 20.1. The maximum atomic E-state index is 14.1. The number of nitrogens with zero attached hydrogens (tertiary/aromatic N) is 3. The van der Waals surface area contributed by atoms with Gasteiger partial charge in [0.2, 0.25) is 11.8 Å². The standard InChI is InChI=1S/C30H29N7O4S/c1-3-22(38)37-12-10-16(14-37)35-29(40)27-24-23-19(8-9-20(31)26(23)42-27)30(33,28(39)25(24)32)18-7-6-17(13-15(18)2)41-21-5-4-11-34-36-21/h3-9,11,13,16,25H,1,10,12,14,31-33H2,2H3,(H,35,40). The number of rotatable bonds is 6. The molecule has 1 saturated heterocycles. The van der Waals surface area contributed by atoms with E-state index in [0.29, 0.717) is 74.0 Å². The largest absolute Gasteiger partial charge is 0.438 e. The molecule has 2 aliphatic rings. The summed E-state index contributed by atoms with van der Waals surface area (Å²) in [5.41, 5.74) is 21.1. The molecular formula is C30H29N7O4S. The van der Waals surface area contributed by atoms with Gasteiger partial charge in [-0.05, 0) is 60.4 Å². The summed E-state index contributed by atoms with van der Waals surface area (Å²) in [6, 6.07) is 10.6. The van der Waals surface area contributed by atoms with E-state index < -0.39 is 17.4 Å². The Bertz CT molecular complexity index is 1770. The van der Waals surface area contributed by atoms with Crippen LogP contribution in [0.1, 0.15) is 44.4 Å². The van der Waals surface area contributed by atoms with Crippen molar-refractivity contribution in [3.63, 3.8) is 0 Å². The van der Waals surface area contributed by atoms with Gasteiger partial charge in [-0.2, -0.15) is 5.10 Å². The first kappa shape index (κ1) is 27.5. The molecule has 6 rings (SSSR count). The minimum atomic E-state index is -1.60. The van der Waals surface area contributed by atoms with Crippen molar-refractivity contribution in [3.05, 3.63) is 88.4 Å². The van der Waals surface area contributed by atoms with Gasteiger partial charge in [0.1, 0.15) is 11.3 Å². The van der Waals surface area contributed by atoms with E-state index in [-0.39, 0.29) is 17.9 Å². The lowest BCUT2D eigenvalue weighted by atomic mass is 9.69. The summed E-state index contributed by atoms with van der Waals surface area (Å²) < 4.78 is 6.45. The van der Waals surface area contributed by atoms with Crippen LogP contribution in [0.2, 0.25) is 0 Å². The second-order valence-electron chi connectivity index (χ2n) is 10.5. The third-order valence-electron chi connectivity index (χ3n) is 7.92. The minimum absolute atomic E-state index is 0.184. The molecule has 12 heteroatoms. The number of aromatic nitrogens is 2. The van der Waals surface area contributed by atoms with Crippen LogP contribution in [0, 0.1) is 6.92 Å². The van der Waals surface area contributed by atoms with Crippen LogP contribution in [0.3, 0.4) is 0 Å². The molecule has 2 amide bonds. The summed E-state index contributed by atoms with van der Waals surface area (Å²) in [6.45, 7) is 6.25. The van der Waals surface area contributed by atoms with Gasteiger partial charge in [-0.1, -0.05) is 18.7 Å². The third-order valence-corrected chi connectivity index (χ3v) is 9.18. The number of nitrogen functional groups attached to an aromatic ring is 1. The molecule has 0 bridgehead atoms. The van der Waals surface area contributed by atoms with Gasteiger partial charge < -0.3 is 32.2 Å². The number of aryl methyl sites for hydroxylation is 1. The number of ketones is 1. The van der Waals surface area contributed by atoms with E-state index >= 15 is 0 Å². The zero-order valence-electron chi connectivity index (χ0n) is 22.8. The number of carbonyl (C=O) groups is 3. The van der Waals surface area contributed by atoms with E-state index in [2.05, 4.69) is 22.1 Å². The molecule has 0 radical (unpaired) electrons. The van der Waals surface area contributed by atoms with E-state index in [1.807, 2.05) is 6.92 Å². The van der Waals surface area contributed by atoms with Crippen molar-refractivity contribution in [2.45, 2.75) is 31.0 Å². The molecule has 2 aromatic carbocycles. The summed E-state index contributed by atoms with van der Waals surface area (Å²) in [5.74, 6) is -0.163. The predicted octanol–water partition coefficient (Wildman–Crippen LogP) is 2.68. The van der Waals surface area contributed by atoms with Gasteiger partial charge in [0, 0.05) is 48.0 Å². The van der Waals surface area contributed by atoms with E-state index in [4.69, 9.17) is 21.9 Å². The van der Waals surface area contributed by atoms with Gasteiger partial charge in [0.05, 0.1) is 15.6 Å². The first-order valence-electron chi connectivity index (χ1n) is 13.4. The molecule has 42 heavy (non-hydrogen) atoms. The fourth-order valence-corrected chi connectivity index (χ4v) is 7.09. The summed E-state index contributed by atoms with van der Waals surface area (Å²) in [6.07, 6.45) is 3.41. The number of thiophene rings is 1. The van der Waals surface area contributed by atoms with Crippen LogP contribution in [0.25, 0.3) is 10.1 Å². The fraction of sp³-hybridized carbons (Fsp3) is 0.233. The molecule has 3 unspecified atom stereocenters. The second-order valence-corrected chi connectivity index (χ2v) is 11.5. The van der Waals surface area contributed by atoms with Crippen molar-refractivity contribution in [1.82, 2.24) is 20.4 Å². The van der Waals surface area contributed by atoms with Crippen molar-refractivity contribution in [2.75, 3.05) is 18.8 Å². The Morgan fingerprint density at radius 1 is 1.24 bits per heavy atom. The topological polar surface area (TPSA) is 180 Å². The number of amides is 2. The minimum Gasteiger partial charge on any atom is -0.438 e. The number of anilines is 1. The van der Waals surface area contributed by atoms with Crippen molar-refractivity contribution in [1.29, 1.82) is 0 Å². The van der Waals surface area contributed by atoms with Gasteiger partial charge in [0.15, 0.2) is 5.78 Å². The average molecular weight is 584 g/mol. The lowest BCUT2D eigenvalue weighted by Gasteiger charge is -2.37. The Morgan fingerprint density at radius 3 is 2.74 bits per heavy atom. The third kappa shape index (κ3) is 4.31. The van der Waals surface area contributed by atoms with Gasteiger partial charge in [0.25, 0.3) is 5.91 Å². The number of hydrogen-bond acceptors (Lipinski definition) is 10. The van der Waals surface area contributed by atoms with Crippen LogP contribution in [0.5, 0.6) is 11.6 Å². The summed E-state index contributed by atoms with van der Waals surface area (Å²) in [4.78, 5) is 41.6. The van der Waals surface area contributed by atoms with Crippen LogP contribution in [-0.2, 0) is 15.1 Å². The van der Waals surface area contributed by atoms with Crippen LogP contribution in [-0.4, -0.2) is 51.8 Å². The Labute approximate surface area is 245 Å². The van der Waals surface area contributed by atoms with E-state index in [1.165, 1.54) is 17.4 Å². The smallest absolute Gasteiger partial charge is 0.262 e. The number of hydrogen-bond donors (Lipinski definition) is 4. The number of nitrogens with one attached hydrogen (secondary N) is 1. The predicted molar refractivity (Wildman–Crippen MR) is 159 cm³/mol. The second kappa shape index (κ2) is 10.3. The number of carbonyl (C=O) groups excluding carboxylic acids is 3. The lowest BCUT2D eigenvalue weighted by molar-refractivity contribution is -0.125. The molecule has 3 atom stereocenters. The van der Waals surface area contributed by atoms with E-state index in [0.717, 1.165) is 0 Å². The van der Waals surface area contributed by atoms with Gasteiger partial charge in [-0.3, -0.25) is 14.4 Å². The molecule has 1 aliphatic heterocycles. The maximum Gasteiger partial charge on any atom is 0.262 e. The first-order valence-corrected chi connectivity index (χ1v) is 14.2. The number of ether oxygens (including phenoxy) is 1. The zero-order chi connectivity index (χ0) is 29.8. The quantitative estimate of drug-likeness (QED) is 0.196. The summed E-state index contributed by atoms with van der Waals surface area (Å²) >= 11 is 1.19. The highest BCUT2D eigenvalue weighted by molar-refractivity contribution is 7.21. The van der Waals surface area contributed by atoms with Gasteiger partial charge in [-0.15, -0.1) is 16.4 Å². The number of likely N-dealkylation sites (tertiary alicyclic amines) is 1. The van der Waals surface area contributed by atoms with Crippen molar-refractivity contribution >= 4 is 44.7 Å². The van der Waals surface area contributed by atoms with Crippen LogP contribution in [0.15, 0.2) is 61.3 Å². The zero-order valence-corrected chi connectivity index (χ0v) is 23.6. The highest BCUT2D eigenvalue weighted by Gasteiger charge is 2.49. The van der Waals surface area contributed by atoms with Gasteiger partial charge >= 0.3 is 0 Å². The molecule has 214 valence electrons. The average Bonchev–Trinajstić information content (AvgIpc) is 3.62. The van der Waals surface area contributed by atoms with Crippen molar-refractivity contribution in [2.24, 2.45) is 11.5 Å². The van der Waals surface area contributed by atoms with E-state index in [9.17, 15) is 14.4 Å². The molecule has 0 spiro atoms. The number of Topliss-reactive ketones (excluding diaryl/α,β-unsaturated/α-hetero) is 1. The number of nitrogens with two attached hydrogens (primary N) is 3. The Morgan fingerprint density at radius 2 is 2.02 bits per heavy atom. The summed E-state index contributed by atoms with van der Waals surface area (Å²) in [5, 5.41) is 11.4. The summed E-state index contributed by atoms with van der Waals surface area (Å²) in [7, 11) is 0. The highest BCUT2D eigenvalue weighted by Crippen LogP contribution is 2.50. The highest BCUT2D eigenvalue weighted by atomic mass is 32.1. The lowest BCUT2D eigenvalue weighted by Crippen LogP contribution is -2.53. The normalized spacial score (nSPS) is 21.4. The van der Waals surface area contributed by atoms with Crippen molar-refractivity contribution in [3.8, 4) is 11.6 Å². The Balaban J connectivity index is 1.39. The molecule has 11 nitrogen and oxygen atoms in total. The molecule has 2 aromatic heterocycles. The molecule has 1 aliphatic carbocycles. The SMILES string of the molecule is C=CC(=O)N1CCC(NC(=O)c2sc3c(N)ccc4c3c2C(N)C(=O)C4(N)c2ccc(Oc3cccnn3)cc2C)C1. The fourth-order valence-electron chi connectivity index (χ4n) is 5.89. The molecule has 1 fully saturated rings. The molecule has 3 heterocycles. The maximum absolute atomic E-state index is 14.1. The van der Waals surface area contributed by atoms with Gasteiger partial charge in [-0.25, -0.2) is 0 Å². The molecular weight excluding hydrogens is 554 g/mol. The Hall–Kier alpha value is -4.65. The van der Waals surface area contributed by atoms with Crippen LogP contribution in [0.4, 0.5) is 5.69 Å². The molecule has 4 aromatic rings. The molecule has 7 N–H and O–H groups in total. The Kier molecular flexibility index (Phi) is 6.76. The number of benzene rings is 2. The van der Waals surface area contributed by atoms with Crippen LogP contribution < -0.4 is 27.3 Å². The van der Waals surface area contributed by atoms with E-state index in [1.54, 1.807) is 53.6 Å². The van der Waals surface area contributed by atoms with Crippen molar-refractivity contribution < 1.29 is 19.1 Å². The van der Waals surface area contributed by atoms with Crippen LogP contribution >= 0.6 is 11.3 Å².